The number of ether oxygens (including phenoxy) is 1. The number of benzene rings is 1. The maximum atomic E-state index is 13.3. The number of fused-ring (bicyclic) bond motifs is 2. The first-order valence-electron chi connectivity index (χ1n) is 12.4. The number of piperidine rings is 1. The summed E-state index contributed by atoms with van der Waals surface area (Å²) in [6.07, 6.45) is 12.7. The zero-order valence-corrected chi connectivity index (χ0v) is 21.7. The van der Waals surface area contributed by atoms with Gasteiger partial charge in [0.05, 0.1) is 30.6 Å². The summed E-state index contributed by atoms with van der Waals surface area (Å²) in [5, 5.41) is 0. The van der Waals surface area contributed by atoms with Crippen molar-refractivity contribution < 1.29 is 38.0 Å². The standard InChI is InChI=1S/C27H40NO2.HI/c1-4-5-17-28(20(2)3)22-15-16-23(28)19-24(18-22)30-27(29)26-14-10-9-13-25(26)21-11-7-6-8-12-21;/h6-8,11-13,20,22-24,26H,4-5,9-10,14-19H2,1-3H3;1H/q+1;/p-1. The number of hydrogen-bond acceptors (Lipinski definition) is 2. The van der Waals surface area contributed by atoms with Crippen LogP contribution < -0.4 is 24.0 Å². The Balaban J connectivity index is 0.00000272. The van der Waals surface area contributed by atoms with E-state index >= 15 is 0 Å². The molecule has 4 rings (SSSR count). The van der Waals surface area contributed by atoms with Crippen molar-refractivity contribution in [2.75, 3.05) is 6.54 Å². The SMILES string of the molecule is CCCC[N+]1(C(C)C)C2CCC1CC(OC(=O)C1CCCC=C1c1ccccc1)C2.[I-]. The highest BCUT2D eigenvalue weighted by Crippen LogP contribution is 2.46. The predicted molar refractivity (Wildman–Crippen MR) is 123 cm³/mol. The molecule has 1 aromatic rings. The van der Waals surface area contributed by atoms with E-state index in [0.717, 1.165) is 32.1 Å². The number of carbonyl (C=O) groups excluding carboxylic acids is 1. The number of rotatable bonds is 7. The van der Waals surface area contributed by atoms with Gasteiger partial charge in [-0.3, -0.25) is 4.79 Å². The molecule has 4 heteroatoms. The Hall–Kier alpha value is -0.880. The van der Waals surface area contributed by atoms with Crippen LogP contribution in [0, 0.1) is 5.92 Å². The smallest absolute Gasteiger partial charge is 0.313 e. The first kappa shape index (κ1) is 24.8. The van der Waals surface area contributed by atoms with Gasteiger partial charge >= 0.3 is 5.97 Å². The van der Waals surface area contributed by atoms with Crippen LogP contribution in [0.3, 0.4) is 0 Å². The molecule has 172 valence electrons. The van der Waals surface area contributed by atoms with Crippen molar-refractivity contribution in [3.8, 4) is 0 Å². The lowest BCUT2D eigenvalue weighted by Gasteiger charge is -2.52. The van der Waals surface area contributed by atoms with Gasteiger partial charge in [-0.25, -0.2) is 0 Å². The van der Waals surface area contributed by atoms with Gasteiger partial charge in [0.2, 0.25) is 0 Å². The van der Waals surface area contributed by atoms with Crippen molar-refractivity contribution in [1.82, 2.24) is 0 Å². The van der Waals surface area contributed by atoms with Gasteiger partial charge in [-0.05, 0) is 50.7 Å². The fraction of sp³-hybridized carbons (Fsp3) is 0.667. The molecule has 0 aromatic heterocycles. The second kappa shape index (κ2) is 10.8. The zero-order chi connectivity index (χ0) is 21.1. The fourth-order valence-corrected chi connectivity index (χ4v) is 6.81. The number of unbranched alkanes of at least 4 members (excludes halogenated alkanes) is 1. The molecule has 3 unspecified atom stereocenters. The summed E-state index contributed by atoms with van der Waals surface area (Å²) in [6.45, 7) is 8.42. The average molecular weight is 538 g/mol. The Morgan fingerprint density at radius 2 is 1.77 bits per heavy atom. The summed E-state index contributed by atoms with van der Waals surface area (Å²) < 4.78 is 7.53. The van der Waals surface area contributed by atoms with Crippen LogP contribution in [-0.4, -0.2) is 41.2 Å². The third-order valence-corrected chi connectivity index (χ3v) is 8.23. The van der Waals surface area contributed by atoms with Gasteiger partial charge in [0.25, 0.3) is 0 Å². The van der Waals surface area contributed by atoms with Crippen molar-refractivity contribution in [1.29, 1.82) is 0 Å². The third kappa shape index (κ3) is 4.90. The van der Waals surface area contributed by atoms with Crippen LogP contribution in [0.4, 0.5) is 0 Å². The van der Waals surface area contributed by atoms with Crippen LogP contribution in [0.5, 0.6) is 0 Å². The summed E-state index contributed by atoms with van der Waals surface area (Å²) in [4.78, 5) is 13.3. The van der Waals surface area contributed by atoms with Crippen molar-refractivity contribution in [3.05, 3.63) is 42.0 Å². The first-order valence-corrected chi connectivity index (χ1v) is 12.4. The molecule has 3 aliphatic rings. The monoisotopic (exact) mass is 537 g/mol. The van der Waals surface area contributed by atoms with Gasteiger partial charge in [-0.15, -0.1) is 0 Å². The van der Waals surface area contributed by atoms with E-state index in [2.05, 4.69) is 51.1 Å². The highest BCUT2D eigenvalue weighted by molar-refractivity contribution is 5.89. The Labute approximate surface area is 206 Å². The van der Waals surface area contributed by atoms with Crippen molar-refractivity contribution in [2.45, 2.75) is 103 Å². The van der Waals surface area contributed by atoms with Crippen LogP contribution in [0.25, 0.3) is 5.57 Å². The molecule has 0 spiro atoms. The Morgan fingerprint density at radius 1 is 1.10 bits per heavy atom. The topological polar surface area (TPSA) is 26.3 Å². The summed E-state index contributed by atoms with van der Waals surface area (Å²) >= 11 is 0. The Morgan fingerprint density at radius 3 is 2.39 bits per heavy atom. The normalized spacial score (nSPS) is 32.3. The molecular formula is C27H40INO2. The molecule has 0 N–H and O–H groups in total. The summed E-state index contributed by atoms with van der Waals surface area (Å²) in [7, 11) is 0. The van der Waals surface area contributed by atoms with E-state index in [9.17, 15) is 4.79 Å². The zero-order valence-electron chi connectivity index (χ0n) is 19.6. The summed E-state index contributed by atoms with van der Waals surface area (Å²) in [6, 6.07) is 12.4. The number of hydrogen-bond donors (Lipinski definition) is 0. The van der Waals surface area contributed by atoms with Crippen LogP contribution in [0.2, 0.25) is 0 Å². The predicted octanol–water partition coefficient (Wildman–Crippen LogP) is 3.14. The van der Waals surface area contributed by atoms with Crippen LogP contribution in [0.15, 0.2) is 36.4 Å². The Kier molecular flexibility index (Phi) is 8.65. The van der Waals surface area contributed by atoms with E-state index < -0.39 is 0 Å². The number of esters is 1. The molecule has 0 radical (unpaired) electrons. The summed E-state index contributed by atoms with van der Waals surface area (Å²) in [5.41, 5.74) is 2.36. The van der Waals surface area contributed by atoms with E-state index in [1.807, 2.05) is 6.07 Å². The lowest BCUT2D eigenvalue weighted by atomic mass is 9.83. The minimum atomic E-state index is -0.0924. The fourth-order valence-electron chi connectivity index (χ4n) is 6.81. The first-order chi connectivity index (χ1) is 14.6. The van der Waals surface area contributed by atoms with Gasteiger partial charge in [0.1, 0.15) is 6.10 Å². The van der Waals surface area contributed by atoms with Gasteiger partial charge in [0, 0.05) is 25.7 Å². The molecule has 2 aliphatic heterocycles. The molecule has 2 fully saturated rings. The van der Waals surface area contributed by atoms with Crippen molar-refractivity contribution in [3.63, 3.8) is 0 Å². The molecule has 2 heterocycles. The molecule has 31 heavy (non-hydrogen) atoms. The maximum Gasteiger partial charge on any atom is 0.313 e. The van der Waals surface area contributed by atoms with Crippen LogP contribution in [-0.2, 0) is 9.53 Å². The lowest BCUT2D eigenvalue weighted by molar-refractivity contribution is -0.985. The molecule has 2 bridgehead atoms. The molecule has 1 aliphatic carbocycles. The number of halogens is 1. The molecule has 2 saturated heterocycles. The number of carbonyl (C=O) groups is 1. The van der Waals surface area contributed by atoms with E-state index in [4.69, 9.17) is 4.74 Å². The lowest BCUT2D eigenvalue weighted by Crippen LogP contribution is -3.00. The highest BCUT2D eigenvalue weighted by Gasteiger charge is 2.56. The van der Waals surface area contributed by atoms with Gasteiger partial charge in [-0.1, -0.05) is 49.8 Å². The van der Waals surface area contributed by atoms with E-state index in [-0.39, 0.29) is 42.0 Å². The number of allylic oxidation sites excluding steroid dienone is 1. The molecule has 1 aromatic carbocycles. The minimum Gasteiger partial charge on any atom is -1.00 e. The molecule has 0 saturated carbocycles. The quantitative estimate of drug-likeness (QED) is 0.304. The maximum absolute atomic E-state index is 13.3. The van der Waals surface area contributed by atoms with Gasteiger partial charge in [0.15, 0.2) is 0 Å². The molecule has 3 nitrogen and oxygen atoms in total. The molecular weight excluding hydrogens is 497 g/mol. The van der Waals surface area contributed by atoms with Gasteiger partial charge < -0.3 is 33.2 Å². The molecule has 3 atom stereocenters. The van der Waals surface area contributed by atoms with Crippen molar-refractivity contribution in [2.24, 2.45) is 5.92 Å². The van der Waals surface area contributed by atoms with E-state index in [1.165, 1.54) is 47.8 Å². The van der Waals surface area contributed by atoms with E-state index in [0.29, 0.717) is 18.1 Å². The highest BCUT2D eigenvalue weighted by atomic mass is 127. The third-order valence-electron chi connectivity index (χ3n) is 8.23. The molecule has 0 amide bonds. The van der Waals surface area contributed by atoms with E-state index in [1.54, 1.807) is 0 Å². The second-order valence-electron chi connectivity index (χ2n) is 10.1. The van der Waals surface area contributed by atoms with Crippen LogP contribution in [0.1, 0.15) is 84.1 Å². The average Bonchev–Trinajstić information content (AvgIpc) is 2.96. The van der Waals surface area contributed by atoms with Crippen LogP contribution >= 0.6 is 0 Å². The minimum absolute atomic E-state index is 0. The number of nitrogens with zero attached hydrogens (tertiary/aromatic N) is 1. The van der Waals surface area contributed by atoms with Gasteiger partial charge in [-0.2, -0.15) is 0 Å². The summed E-state index contributed by atoms with van der Waals surface area (Å²) in [5.74, 6) is -0.0718. The second-order valence-corrected chi connectivity index (χ2v) is 10.1. The Bertz CT molecular complexity index is 746. The van der Waals surface area contributed by atoms with Crippen molar-refractivity contribution >= 4 is 11.5 Å². The largest absolute Gasteiger partial charge is 1.00 e. The number of quaternary nitrogens is 1.